The van der Waals surface area contributed by atoms with E-state index in [0.717, 1.165) is 0 Å². The molecule has 0 saturated heterocycles. The summed E-state index contributed by atoms with van der Waals surface area (Å²) in [5, 5.41) is 11.0. The van der Waals surface area contributed by atoms with E-state index in [1.165, 1.54) is 24.7 Å². The van der Waals surface area contributed by atoms with E-state index in [2.05, 4.69) is 0 Å². The second-order valence-corrected chi connectivity index (χ2v) is 8.44. The van der Waals surface area contributed by atoms with E-state index in [1.807, 2.05) is 0 Å². The lowest BCUT2D eigenvalue weighted by Gasteiger charge is -2.15. The Morgan fingerprint density at radius 2 is 1.11 bits per heavy atom. The average molecular weight is 512 g/mol. The molecule has 6 aromatic rings. The Hall–Kier alpha value is -5.02. The minimum atomic E-state index is -1.07. The Labute approximate surface area is 214 Å². The van der Waals surface area contributed by atoms with Gasteiger partial charge in [0.1, 0.15) is 52.8 Å². The minimum absolute atomic E-state index is 0.166. The highest BCUT2D eigenvalue weighted by atomic mass is 16.5. The van der Waals surface area contributed by atoms with E-state index < -0.39 is 6.10 Å². The maximum absolute atomic E-state index is 12.8. The van der Waals surface area contributed by atoms with Crippen molar-refractivity contribution >= 4 is 21.9 Å². The number of ether oxygens (including phenoxy) is 2. The molecule has 0 saturated carbocycles. The van der Waals surface area contributed by atoms with E-state index in [0.29, 0.717) is 34.2 Å². The van der Waals surface area contributed by atoms with E-state index in [-0.39, 0.29) is 46.3 Å². The number of hydrogen-bond donors (Lipinski definition) is 1. The van der Waals surface area contributed by atoms with Crippen LogP contribution in [0.15, 0.2) is 113 Å². The summed E-state index contributed by atoms with van der Waals surface area (Å²) in [7, 11) is 0. The van der Waals surface area contributed by atoms with Gasteiger partial charge in [-0.15, -0.1) is 0 Å². The molecule has 2 aromatic carbocycles. The third kappa shape index (κ3) is 4.46. The summed E-state index contributed by atoms with van der Waals surface area (Å²) in [4.78, 5) is 25.6. The van der Waals surface area contributed by atoms with Crippen LogP contribution in [-0.4, -0.2) is 24.4 Å². The largest absolute Gasteiger partial charge is 0.490 e. The maximum atomic E-state index is 12.8. The summed E-state index contributed by atoms with van der Waals surface area (Å²) >= 11 is 0. The van der Waals surface area contributed by atoms with Gasteiger partial charge in [-0.1, -0.05) is 12.1 Å². The van der Waals surface area contributed by atoms with Gasteiger partial charge in [0.05, 0.1) is 12.5 Å². The summed E-state index contributed by atoms with van der Waals surface area (Å²) in [6.07, 6.45) is 1.92. The van der Waals surface area contributed by atoms with Crippen molar-refractivity contribution in [2.24, 2.45) is 0 Å². The quantitative estimate of drug-likeness (QED) is 0.291. The van der Waals surface area contributed by atoms with Crippen molar-refractivity contribution in [3.63, 3.8) is 0 Å². The molecule has 0 aliphatic heterocycles. The van der Waals surface area contributed by atoms with Gasteiger partial charge in [0.25, 0.3) is 0 Å². The fourth-order valence-corrected chi connectivity index (χ4v) is 4.10. The Bertz CT molecular complexity index is 1690. The van der Waals surface area contributed by atoms with Crippen molar-refractivity contribution in [1.82, 2.24) is 0 Å². The Morgan fingerprint density at radius 3 is 1.53 bits per heavy atom. The monoisotopic (exact) mass is 512 g/mol. The van der Waals surface area contributed by atoms with E-state index in [1.54, 1.807) is 60.7 Å². The van der Waals surface area contributed by atoms with Crippen molar-refractivity contribution in [1.29, 1.82) is 0 Å². The first-order valence-corrected chi connectivity index (χ1v) is 11.7. The Morgan fingerprint density at radius 1 is 0.632 bits per heavy atom. The zero-order valence-electron chi connectivity index (χ0n) is 19.8. The van der Waals surface area contributed by atoms with Crippen LogP contribution in [-0.2, 0) is 0 Å². The SMILES string of the molecule is O=c1cc(-c2ccco2)oc2cccc(OCC(O)COc3cccc4oc(-c5ccco5)cc(=O)c34)c12. The highest BCUT2D eigenvalue weighted by Gasteiger charge is 2.17. The third-order valence-corrected chi connectivity index (χ3v) is 5.82. The van der Waals surface area contributed by atoms with Gasteiger partial charge >= 0.3 is 0 Å². The van der Waals surface area contributed by atoms with Crippen molar-refractivity contribution in [3.8, 4) is 34.5 Å². The molecule has 0 aliphatic rings. The number of furan rings is 2. The van der Waals surface area contributed by atoms with Crippen molar-refractivity contribution < 1.29 is 32.2 Å². The molecular weight excluding hydrogens is 492 g/mol. The van der Waals surface area contributed by atoms with Gasteiger partial charge in [0.2, 0.25) is 0 Å². The molecule has 4 heterocycles. The molecule has 190 valence electrons. The molecule has 4 aromatic heterocycles. The third-order valence-electron chi connectivity index (χ3n) is 5.82. The number of rotatable bonds is 8. The van der Waals surface area contributed by atoms with Crippen molar-refractivity contribution in [2.45, 2.75) is 6.10 Å². The number of hydrogen-bond acceptors (Lipinski definition) is 9. The maximum Gasteiger partial charge on any atom is 0.197 e. The molecule has 6 rings (SSSR count). The topological polar surface area (TPSA) is 125 Å². The van der Waals surface area contributed by atoms with Gasteiger partial charge in [-0.2, -0.15) is 0 Å². The van der Waals surface area contributed by atoms with Crippen LogP contribution in [0.5, 0.6) is 11.5 Å². The molecule has 0 radical (unpaired) electrons. The van der Waals surface area contributed by atoms with Gasteiger partial charge < -0.3 is 32.2 Å². The summed E-state index contributed by atoms with van der Waals surface area (Å²) in [5.41, 5.74) is 0.0258. The second kappa shape index (κ2) is 9.79. The van der Waals surface area contributed by atoms with Gasteiger partial charge in [-0.25, -0.2) is 0 Å². The van der Waals surface area contributed by atoms with Gasteiger partial charge in [0, 0.05) is 12.1 Å². The molecule has 0 atom stereocenters. The minimum Gasteiger partial charge on any atom is -0.490 e. The first-order valence-electron chi connectivity index (χ1n) is 11.7. The van der Waals surface area contributed by atoms with Crippen LogP contribution in [0.25, 0.3) is 45.0 Å². The zero-order valence-corrected chi connectivity index (χ0v) is 19.8. The molecular formula is C29H20O9. The molecule has 0 bridgehead atoms. The predicted molar refractivity (Wildman–Crippen MR) is 137 cm³/mol. The molecule has 0 fully saturated rings. The molecule has 0 spiro atoms. The summed E-state index contributed by atoms with van der Waals surface area (Å²) < 4.78 is 33.8. The van der Waals surface area contributed by atoms with Crippen molar-refractivity contribution in [2.75, 3.05) is 13.2 Å². The highest BCUT2D eigenvalue weighted by molar-refractivity contribution is 5.85. The molecule has 0 unspecified atom stereocenters. The number of aliphatic hydroxyl groups is 1. The van der Waals surface area contributed by atoms with Crippen LogP contribution in [0.2, 0.25) is 0 Å². The first kappa shape index (κ1) is 23.4. The van der Waals surface area contributed by atoms with Crippen LogP contribution in [0, 0.1) is 0 Å². The molecule has 9 heteroatoms. The first-order chi connectivity index (χ1) is 18.6. The van der Waals surface area contributed by atoms with Crippen molar-refractivity contribution in [3.05, 3.63) is 106 Å². The van der Waals surface area contributed by atoms with E-state index in [4.69, 9.17) is 27.1 Å². The Kier molecular flexibility index (Phi) is 6.03. The fourth-order valence-electron chi connectivity index (χ4n) is 4.10. The molecule has 0 amide bonds. The van der Waals surface area contributed by atoms with Gasteiger partial charge in [-0.05, 0) is 48.5 Å². The van der Waals surface area contributed by atoms with Crippen LogP contribution in [0.3, 0.4) is 0 Å². The lowest BCUT2D eigenvalue weighted by Crippen LogP contribution is -2.25. The van der Waals surface area contributed by atoms with E-state index >= 15 is 0 Å². The molecule has 0 aliphatic carbocycles. The predicted octanol–water partition coefficient (Wildman–Crippen LogP) is 5.24. The Balaban J connectivity index is 1.17. The normalized spacial score (nSPS) is 11.4. The standard InChI is InChI=1S/C29H20O9/c30-17(15-35-22-5-1-7-24-28(22)18(31)13-26(37-24)20-9-3-11-33-20)16-36-23-6-2-8-25-29(23)19(32)14-27(38-25)21-10-4-12-34-21/h1-14,17,30H,15-16H2. The average Bonchev–Trinajstić information content (AvgIpc) is 3.65. The highest BCUT2D eigenvalue weighted by Crippen LogP contribution is 2.29. The summed E-state index contributed by atoms with van der Waals surface area (Å²) in [6, 6.07) is 19.3. The lowest BCUT2D eigenvalue weighted by molar-refractivity contribution is 0.0636. The number of benzene rings is 2. The molecule has 1 N–H and O–H groups in total. The number of aliphatic hydroxyl groups excluding tert-OH is 1. The molecule has 9 nitrogen and oxygen atoms in total. The smallest absolute Gasteiger partial charge is 0.197 e. The second-order valence-electron chi connectivity index (χ2n) is 8.44. The van der Waals surface area contributed by atoms with E-state index in [9.17, 15) is 14.7 Å². The fraction of sp³-hybridized carbons (Fsp3) is 0.103. The van der Waals surface area contributed by atoms with Crippen LogP contribution in [0.1, 0.15) is 0 Å². The lowest BCUT2D eigenvalue weighted by atomic mass is 10.2. The van der Waals surface area contributed by atoms with Crippen LogP contribution < -0.4 is 20.3 Å². The van der Waals surface area contributed by atoms with Gasteiger partial charge in [-0.3, -0.25) is 9.59 Å². The zero-order chi connectivity index (χ0) is 26.1. The number of fused-ring (bicyclic) bond motifs is 2. The van der Waals surface area contributed by atoms with Gasteiger partial charge in [0.15, 0.2) is 33.9 Å². The van der Waals surface area contributed by atoms with Crippen LogP contribution >= 0.6 is 0 Å². The summed E-state index contributed by atoms with van der Waals surface area (Å²) in [6.45, 7) is -0.332. The summed E-state index contributed by atoms with van der Waals surface area (Å²) in [5.74, 6) is 1.99. The molecule has 38 heavy (non-hydrogen) atoms. The van der Waals surface area contributed by atoms with Crippen LogP contribution in [0.4, 0.5) is 0 Å².